The van der Waals surface area contributed by atoms with Crippen molar-refractivity contribution in [1.29, 1.82) is 0 Å². The minimum absolute atomic E-state index is 0.0817. The van der Waals surface area contributed by atoms with Crippen LogP contribution >= 0.6 is 0 Å². The third kappa shape index (κ3) is 1.81. The standard InChI is InChI=1S/C11H16N2O3/c1-2-7-3-5-8(6-4-7)13-10(15)9(14)12-11(13)16/h7-8H,2-6H2,1H3,(H,12,14,16). The number of urea groups is 1. The predicted molar refractivity (Wildman–Crippen MR) is 56.4 cm³/mol. The lowest BCUT2D eigenvalue weighted by Gasteiger charge is -2.31. The third-order valence-corrected chi connectivity index (χ3v) is 3.61. The van der Waals surface area contributed by atoms with Gasteiger partial charge in [0.2, 0.25) is 0 Å². The van der Waals surface area contributed by atoms with Crippen molar-refractivity contribution in [2.45, 2.75) is 45.1 Å². The van der Waals surface area contributed by atoms with Crippen molar-refractivity contribution in [2.24, 2.45) is 5.92 Å². The van der Waals surface area contributed by atoms with Gasteiger partial charge in [-0.1, -0.05) is 13.3 Å². The summed E-state index contributed by atoms with van der Waals surface area (Å²) in [5.41, 5.74) is 0. The molecule has 0 aromatic rings. The summed E-state index contributed by atoms with van der Waals surface area (Å²) in [6.07, 6.45) is 4.86. The highest BCUT2D eigenvalue weighted by molar-refractivity contribution is 6.44. The summed E-state index contributed by atoms with van der Waals surface area (Å²) >= 11 is 0. The van der Waals surface area contributed by atoms with E-state index >= 15 is 0 Å². The average Bonchev–Trinajstić information content (AvgIpc) is 2.54. The number of carbonyl (C=O) groups is 3. The average molecular weight is 224 g/mol. The number of nitrogens with zero attached hydrogens (tertiary/aromatic N) is 1. The Morgan fingerprint density at radius 1 is 1.19 bits per heavy atom. The molecule has 4 amide bonds. The van der Waals surface area contributed by atoms with E-state index < -0.39 is 17.8 Å². The van der Waals surface area contributed by atoms with Crippen molar-refractivity contribution in [3.63, 3.8) is 0 Å². The molecular formula is C11H16N2O3. The molecule has 0 bridgehead atoms. The molecule has 1 saturated carbocycles. The molecule has 0 aromatic carbocycles. The highest BCUT2D eigenvalue weighted by atomic mass is 16.2. The highest BCUT2D eigenvalue weighted by Gasteiger charge is 2.42. The van der Waals surface area contributed by atoms with Gasteiger partial charge >= 0.3 is 17.8 Å². The van der Waals surface area contributed by atoms with Gasteiger partial charge in [-0.3, -0.25) is 19.8 Å². The molecule has 1 saturated heterocycles. The number of carbonyl (C=O) groups excluding carboxylic acids is 3. The zero-order chi connectivity index (χ0) is 11.7. The number of imide groups is 2. The molecule has 0 atom stereocenters. The van der Waals surface area contributed by atoms with Crippen LogP contribution < -0.4 is 5.32 Å². The van der Waals surface area contributed by atoms with E-state index in [-0.39, 0.29) is 6.04 Å². The fourth-order valence-corrected chi connectivity index (χ4v) is 2.56. The maximum Gasteiger partial charge on any atom is 0.331 e. The first-order valence-electron chi connectivity index (χ1n) is 5.82. The number of nitrogens with one attached hydrogen (secondary N) is 1. The molecule has 1 aliphatic carbocycles. The Hall–Kier alpha value is -1.39. The van der Waals surface area contributed by atoms with Crippen LogP contribution in [-0.2, 0) is 9.59 Å². The molecular weight excluding hydrogens is 208 g/mol. The predicted octanol–water partition coefficient (Wildman–Crippen LogP) is 1.03. The lowest BCUT2D eigenvalue weighted by molar-refractivity contribution is -0.141. The van der Waals surface area contributed by atoms with Crippen LogP contribution in [0.2, 0.25) is 0 Å². The van der Waals surface area contributed by atoms with Gasteiger partial charge in [0.15, 0.2) is 0 Å². The smallest absolute Gasteiger partial charge is 0.269 e. The Labute approximate surface area is 94.2 Å². The third-order valence-electron chi connectivity index (χ3n) is 3.61. The highest BCUT2D eigenvalue weighted by Crippen LogP contribution is 2.30. The Bertz CT molecular complexity index is 332. The fraction of sp³-hybridized carbons (Fsp3) is 0.727. The molecule has 16 heavy (non-hydrogen) atoms. The molecule has 2 fully saturated rings. The van der Waals surface area contributed by atoms with Gasteiger partial charge in [-0.15, -0.1) is 0 Å². The quantitative estimate of drug-likeness (QED) is 0.562. The Balaban J connectivity index is 2.01. The molecule has 88 valence electrons. The zero-order valence-electron chi connectivity index (χ0n) is 9.36. The summed E-state index contributed by atoms with van der Waals surface area (Å²) in [7, 11) is 0. The summed E-state index contributed by atoms with van der Waals surface area (Å²) in [5.74, 6) is -0.778. The van der Waals surface area contributed by atoms with Crippen LogP contribution in [0, 0.1) is 5.92 Å². The molecule has 0 spiro atoms. The van der Waals surface area contributed by atoms with Gasteiger partial charge in [-0.2, -0.15) is 0 Å². The van der Waals surface area contributed by atoms with Gasteiger partial charge in [0, 0.05) is 6.04 Å². The van der Waals surface area contributed by atoms with E-state index in [0.717, 1.165) is 37.0 Å². The normalized spacial score (nSPS) is 30.8. The lowest BCUT2D eigenvalue weighted by atomic mass is 9.84. The second-order valence-electron chi connectivity index (χ2n) is 4.52. The van der Waals surface area contributed by atoms with Crippen LogP contribution in [0.25, 0.3) is 0 Å². The molecule has 1 aliphatic heterocycles. The van der Waals surface area contributed by atoms with E-state index in [1.54, 1.807) is 0 Å². The second kappa shape index (κ2) is 4.23. The van der Waals surface area contributed by atoms with Crippen molar-refractivity contribution >= 4 is 17.8 Å². The van der Waals surface area contributed by atoms with Gasteiger partial charge in [-0.25, -0.2) is 4.79 Å². The van der Waals surface area contributed by atoms with E-state index in [1.165, 1.54) is 0 Å². The van der Waals surface area contributed by atoms with Crippen LogP contribution in [0.3, 0.4) is 0 Å². The van der Waals surface area contributed by atoms with E-state index in [2.05, 4.69) is 6.92 Å². The molecule has 5 heteroatoms. The summed E-state index contributed by atoms with van der Waals surface area (Å²) in [4.78, 5) is 35.0. The Morgan fingerprint density at radius 3 is 2.25 bits per heavy atom. The van der Waals surface area contributed by atoms with Crippen molar-refractivity contribution < 1.29 is 14.4 Å². The minimum atomic E-state index is -0.789. The Morgan fingerprint density at radius 2 is 1.81 bits per heavy atom. The van der Waals surface area contributed by atoms with Crippen LogP contribution in [0.5, 0.6) is 0 Å². The summed E-state index contributed by atoms with van der Waals surface area (Å²) in [6.45, 7) is 2.15. The van der Waals surface area contributed by atoms with Crippen molar-refractivity contribution in [3.8, 4) is 0 Å². The van der Waals surface area contributed by atoms with Crippen LogP contribution in [0.15, 0.2) is 0 Å². The monoisotopic (exact) mass is 224 g/mol. The fourth-order valence-electron chi connectivity index (χ4n) is 2.56. The first kappa shape index (κ1) is 11.1. The molecule has 1 N–H and O–H groups in total. The molecule has 1 heterocycles. The Kier molecular flexibility index (Phi) is 2.94. The molecule has 0 unspecified atom stereocenters. The largest absolute Gasteiger partial charge is 0.331 e. The number of hydrogen-bond donors (Lipinski definition) is 1. The summed E-state index contributed by atoms with van der Waals surface area (Å²) in [5, 5.41) is 2.04. The first-order chi connectivity index (χ1) is 7.63. The second-order valence-corrected chi connectivity index (χ2v) is 4.52. The zero-order valence-corrected chi connectivity index (χ0v) is 9.36. The summed E-state index contributed by atoms with van der Waals surface area (Å²) < 4.78 is 0. The maximum atomic E-state index is 11.5. The number of rotatable bonds is 2. The van der Waals surface area contributed by atoms with Crippen LogP contribution in [0.4, 0.5) is 4.79 Å². The van der Waals surface area contributed by atoms with Crippen molar-refractivity contribution in [2.75, 3.05) is 0 Å². The number of hydrogen-bond acceptors (Lipinski definition) is 3. The summed E-state index contributed by atoms with van der Waals surface area (Å²) in [6, 6.07) is -0.628. The van der Waals surface area contributed by atoms with Crippen LogP contribution in [0.1, 0.15) is 39.0 Å². The van der Waals surface area contributed by atoms with Gasteiger partial charge in [0.05, 0.1) is 0 Å². The maximum absolute atomic E-state index is 11.5. The van der Waals surface area contributed by atoms with Gasteiger partial charge < -0.3 is 0 Å². The van der Waals surface area contributed by atoms with E-state index in [0.29, 0.717) is 5.92 Å². The molecule has 0 radical (unpaired) electrons. The van der Waals surface area contributed by atoms with Crippen LogP contribution in [-0.4, -0.2) is 28.8 Å². The van der Waals surface area contributed by atoms with E-state index in [9.17, 15) is 14.4 Å². The SMILES string of the molecule is CCC1CCC(N2C(=O)NC(=O)C2=O)CC1. The first-order valence-corrected chi connectivity index (χ1v) is 5.82. The van der Waals surface area contributed by atoms with E-state index in [1.807, 2.05) is 5.32 Å². The van der Waals surface area contributed by atoms with E-state index in [4.69, 9.17) is 0 Å². The van der Waals surface area contributed by atoms with Gasteiger partial charge in [0.1, 0.15) is 0 Å². The van der Waals surface area contributed by atoms with Crippen molar-refractivity contribution in [1.82, 2.24) is 10.2 Å². The van der Waals surface area contributed by atoms with Gasteiger partial charge in [0.25, 0.3) is 0 Å². The minimum Gasteiger partial charge on any atom is -0.269 e. The molecule has 2 aliphatic rings. The van der Waals surface area contributed by atoms with Crippen molar-refractivity contribution in [3.05, 3.63) is 0 Å². The molecule has 0 aromatic heterocycles. The lowest BCUT2D eigenvalue weighted by Crippen LogP contribution is -2.42. The van der Waals surface area contributed by atoms with Gasteiger partial charge in [-0.05, 0) is 31.6 Å². The number of amides is 4. The molecule has 2 rings (SSSR count). The topological polar surface area (TPSA) is 66.5 Å². The molecule has 5 nitrogen and oxygen atoms in total.